The van der Waals surface area contributed by atoms with Gasteiger partial charge in [0, 0.05) is 36.1 Å². The second-order valence-corrected chi connectivity index (χ2v) is 7.00. The van der Waals surface area contributed by atoms with Gasteiger partial charge in [0.2, 0.25) is 0 Å². The van der Waals surface area contributed by atoms with E-state index in [-0.39, 0.29) is 0 Å². The third kappa shape index (κ3) is 2.84. The molecule has 130 valence electrons. The fourth-order valence-corrected chi connectivity index (χ4v) is 3.96. The van der Waals surface area contributed by atoms with Crippen molar-refractivity contribution in [3.05, 3.63) is 71.2 Å². The number of benzene rings is 1. The van der Waals surface area contributed by atoms with E-state index >= 15 is 0 Å². The molecule has 0 saturated carbocycles. The number of aromatic nitrogens is 3. The molecular formula is C21H21N5. The average Bonchev–Trinajstić information content (AvgIpc) is 3.11. The van der Waals surface area contributed by atoms with Gasteiger partial charge in [-0.3, -0.25) is 4.98 Å². The van der Waals surface area contributed by atoms with Crippen molar-refractivity contribution < 1.29 is 0 Å². The molecule has 0 bridgehead atoms. The minimum absolute atomic E-state index is 0.395. The van der Waals surface area contributed by atoms with Gasteiger partial charge in [-0.25, -0.2) is 9.97 Å². The Morgan fingerprint density at radius 2 is 1.73 bits per heavy atom. The molecule has 2 aliphatic rings. The molecule has 1 aliphatic heterocycles. The Labute approximate surface area is 152 Å². The molecular weight excluding hydrogens is 322 g/mol. The highest BCUT2D eigenvalue weighted by molar-refractivity contribution is 5.60. The number of hydrogen-bond donors (Lipinski definition) is 2. The predicted octanol–water partition coefficient (Wildman–Crippen LogP) is 2.76. The summed E-state index contributed by atoms with van der Waals surface area (Å²) in [6.07, 6.45) is 6.65. The lowest BCUT2D eigenvalue weighted by molar-refractivity contribution is 0.623. The highest BCUT2D eigenvalue weighted by atomic mass is 15.1. The van der Waals surface area contributed by atoms with E-state index < -0.39 is 0 Å². The van der Waals surface area contributed by atoms with Crippen LogP contribution in [0.15, 0.2) is 48.8 Å². The Balaban J connectivity index is 1.49. The minimum Gasteiger partial charge on any atom is -0.366 e. The number of hydrogen-bond acceptors (Lipinski definition) is 5. The van der Waals surface area contributed by atoms with Crippen molar-refractivity contribution in [1.82, 2.24) is 20.3 Å². The highest BCUT2D eigenvalue weighted by Crippen LogP contribution is 2.28. The van der Waals surface area contributed by atoms with Gasteiger partial charge >= 0.3 is 0 Å². The number of nitrogens with one attached hydrogen (secondary N) is 2. The predicted molar refractivity (Wildman–Crippen MR) is 102 cm³/mol. The standard InChI is InChI=1S/C21H21N5/c1-2-4-16-12-17(11-15(16)3-1)24-21-18-7-10-23-13-19(18)25-20(26-21)14-5-8-22-9-6-14/h1-6,8-9,17,23H,7,10-13H2,(H,24,25,26). The second-order valence-electron chi connectivity index (χ2n) is 7.00. The van der Waals surface area contributed by atoms with E-state index in [9.17, 15) is 0 Å². The van der Waals surface area contributed by atoms with Crippen LogP contribution in [-0.2, 0) is 25.8 Å². The molecule has 0 radical (unpaired) electrons. The smallest absolute Gasteiger partial charge is 0.161 e. The van der Waals surface area contributed by atoms with Gasteiger partial charge in [0.1, 0.15) is 5.82 Å². The zero-order chi connectivity index (χ0) is 17.3. The summed E-state index contributed by atoms with van der Waals surface area (Å²) in [4.78, 5) is 13.8. The summed E-state index contributed by atoms with van der Waals surface area (Å²) in [5.41, 5.74) is 6.27. The first-order valence-corrected chi connectivity index (χ1v) is 9.21. The van der Waals surface area contributed by atoms with Crippen molar-refractivity contribution in [2.24, 2.45) is 0 Å². The summed E-state index contributed by atoms with van der Waals surface area (Å²) in [7, 11) is 0. The molecule has 0 amide bonds. The summed E-state index contributed by atoms with van der Waals surface area (Å²) in [5.74, 6) is 1.77. The van der Waals surface area contributed by atoms with E-state index in [4.69, 9.17) is 9.97 Å². The van der Waals surface area contributed by atoms with Gasteiger partial charge in [-0.05, 0) is 49.1 Å². The second kappa shape index (κ2) is 6.50. The first-order valence-electron chi connectivity index (χ1n) is 9.21. The monoisotopic (exact) mass is 343 g/mol. The average molecular weight is 343 g/mol. The lowest BCUT2D eigenvalue weighted by Gasteiger charge is -2.23. The van der Waals surface area contributed by atoms with E-state index in [0.717, 1.165) is 55.3 Å². The van der Waals surface area contributed by atoms with Gasteiger partial charge in [0.25, 0.3) is 0 Å². The van der Waals surface area contributed by atoms with Crippen LogP contribution in [0, 0.1) is 0 Å². The van der Waals surface area contributed by atoms with E-state index in [0.29, 0.717) is 6.04 Å². The minimum atomic E-state index is 0.395. The molecule has 26 heavy (non-hydrogen) atoms. The van der Waals surface area contributed by atoms with Crippen LogP contribution in [0.4, 0.5) is 5.82 Å². The molecule has 0 spiro atoms. The maximum absolute atomic E-state index is 4.90. The van der Waals surface area contributed by atoms with Crippen LogP contribution in [0.1, 0.15) is 22.4 Å². The Bertz CT molecular complexity index is 913. The molecule has 0 saturated heterocycles. The first-order chi connectivity index (χ1) is 12.9. The van der Waals surface area contributed by atoms with Crippen molar-refractivity contribution in [2.75, 3.05) is 11.9 Å². The van der Waals surface area contributed by atoms with Crippen LogP contribution < -0.4 is 10.6 Å². The summed E-state index contributed by atoms with van der Waals surface area (Å²) in [6, 6.07) is 13.0. The van der Waals surface area contributed by atoms with Crippen molar-refractivity contribution in [3.63, 3.8) is 0 Å². The summed E-state index contributed by atoms with van der Waals surface area (Å²) < 4.78 is 0. The van der Waals surface area contributed by atoms with E-state index in [1.165, 1.54) is 16.7 Å². The molecule has 5 rings (SSSR count). The Hall–Kier alpha value is -2.79. The van der Waals surface area contributed by atoms with Gasteiger partial charge < -0.3 is 10.6 Å². The molecule has 0 atom stereocenters. The summed E-state index contributed by atoms with van der Waals surface area (Å²) in [6.45, 7) is 1.78. The SMILES string of the molecule is c1ccc2c(c1)CC(Nc1nc(-c3ccncc3)nc3c1CCNC3)C2. The van der Waals surface area contributed by atoms with Crippen LogP contribution in [0.25, 0.3) is 11.4 Å². The fourth-order valence-electron chi connectivity index (χ4n) is 3.96. The number of rotatable bonds is 3. The largest absolute Gasteiger partial charge is 0.366 e. The molecule has 5 heteroatoms. The van der Waals surface area contributed by atoms with Crippen LogP contribution in [-0.4, -0.2) is 27.5 Å². The van der Waals surface area contributed by atoms with Crippen LogP contribution in [0.5, 0.6) is 0 Å². The highest BCUT2D eigenvalue weighted by Gasteiger charge is 2.24. The Morgan fingerprint density at radius 1 is 0.962 bits per heavy atom. The quantitative estimate of drug-likeness (QED) is 0.766. The molecule has 0 fully saturated rings. The van der Waals surface area contributed by atoms with E-state index in [1.807, 2.05) is 12.1 Å². The lowest BCUT2D eigenvalue weighted by atomic mass is 10.1. The lowest BCUT2D eigenvalue weighted by Crippen LogP contribution is -2.29. The maximum Gasteiger partial charge on any atom is 0.161 e. The van der Waals surface area contributed by atoms with E-state index in [1.54, 1.807) is 12.4 Å². The molecule has 3 heterocycles. The van der Waals surface area contributed by atoms with Crippen molar-refractivity contribution in [1.29, 1.82) is 0 Å². The van der Waals surface area contributed by atoms with Gasteiger partial charge in [0.15, 0.2) is 5.82 Å². The van der Waals surface area contributed by atoms with Crippen LogP contribution in [0.2, 0.25) is 0 Å². The van der Waals surface area contributed by atoms with E-state index in [2.05, 4.69) is 39.9 Å². The molecule has 3 aromatic rings. The number of pyridine rings is 1. The third-order valence-electron chi connectivity index (χ3n) is 5.27. The van der Waals surface area contributed by atoms with Crippen LogP contribution in [0.3, 0.4) is 0 Å². The topological polar surface area (TPSA) is 62.7 Å². The number of nitrogens with zero attached hydrogens (tertiary/aromatic N) is 3. The fraction of sp³-hybridized carbons (Fsp3) is 0.286. The third-order valence-corrected chi connectivity index (χ3v) is 5.27. The molecule has 1 aromatic carbocycles. The van der Waals surface area contributed by atoms with Gasteiger partial charge in [-0.2, -0.15) is 0 Å². The van der Waals surface area contributed by atoms with Crippen LogP contribution >= 0.6 is 0 Å². The maximum atomic E-state index is 4.90. The Kier molecular flexibility index (Phi) is 3.87. The zero-order valence-corrected chi connectivity index (χ0v) is 14.6. The molecule has 2 N–H and O–H groups in total. The van der Waals surface area contributed by atoms with Crippen molar-refractivity contribution in [2.45, 2.75) is 31.8 Å². The normalized spacial score (nSPS) is 16.2. The van der Waals surface area contributed by atoms with Crippen molar-refractivity contribution in [3.8, 4) is 11.4 Å². The zero-order valence-electron chi connectivity index (χ0n) is 14.6. The number of anilines is 1. The molecule has 5 nitrogen and oxygen atoms in total. The Morgan fingerprint density at radius 3 is 2.50 bits per heavy atom. The van der Waals surface area contributed by atoms with Crippen molar-refractivity contribution >= 4 is 5.82 Å². The van der Waals surface area contributed by atoms with Gasteiger partial charge in [-0.15, -0.1) is 0 Å². The first kappa shape index (κ1) is 15.5. The molecule has 1 aliphatic carbocycles. The summed E-state index contributed by atoms with van der Waals surface area (Å²) in [5, 5.41) is 7.16. The van der Waals surface area contributed by atoms with Gasteiger partial charge in [-0.1, -0.05) is 24.3 Å². The molecule has 2 aromatic heterocycles. The van der Waals surface area contributed by atoms with Gasteiger partial charge in [0.05, 0.1) is 5.69 Å². The summed E-state index contributed by atoms with van der Waals surface area (Å²) >= 11 is 0. The number of fused-ring (bicyclic) bond motifs is 2. The molecule has 0 unspecified atom stereocenters.